The van der Waals surface area contributed by atoms with Gasteiger partial charge in [0.15, 0.2) is 6.10 Å². The number of carbonyl (C=O) groups excluding carboxylic acids is 2. The van der Waals surface area contributed by atoms with Crippen LogP contribution in [0.25, 0.3) is 11.1 Å². The first-order valence-corrected chi connectivity index (χ1v) is 8.71. The van der Waals surface area contributed by atoms with Gasteiger partial charge in [0.1, 0.15) is 5.75 Å². The van der Waals surface area contributed by atoms with Crippen LogP contribution in [0.5, 0.6) is 5.75 Å². The highest BCUT2D eigenvalue weighted by Gasteiger charge is 2.27. The highest BCUT2D eigenvalue weighted by atomic mass is 16.5. The van der Waals surface area contributed by atoms with E-state index in [1.807, 2.05) is 54.6 Å². The van der Waals surface area contributed by atoms with Crippen molar-refractivity contribution in [3.05, 3.63) is 84.4 Å². The molecule has 0 spiro atoms. The quantitative estimate of drug-likeness (QED) is 0.750. The molecule has 5 nitrogen and oxygen atoms in total. The van der Waals surface area contributed by atoms with Crippen molar-refractivity contribution in [1.82, 2.24) is 5.32 Å². The number of hydrogen-bond acceptors (Lipinski definition) is 3. The molecular formula is C22H18N2O3. The Bertz CT molecular complexity index is 968. The molecule has 27 heavy (non-hydrogen) atoms. The predicted octanol–water partition coefficient (Wildman–Crippen LogP) is 3.48. The average Bonchev–Trinajstić information content (AvgIpc) is 2.73. The lowest BCUT2D eigenvalue weighted by Gasteiger charge is -2.25. The van der Waals surface area contributed by atoms with Gasteiger partial charge >= 0.3 is 0 Å². The predicted molar refractivity (Wildman–Crippen MR) is 104 cm³/mol. The monoisotopic (exact) mass is 358 g/mol. The van der Waals surface area contributed by atoms with Crippen LogP contribution in [-0.2, 0) is 4.79 Å². The Labute approximate surface area is 157 Å². The molecule has 4 rings (SSSR count). The molecule has 0 fully saturated rings. The van der Waals surface area contributed by atoms with Crippen LogP contribution < -0.4 is 15.4 Å². The fraction of sp³-hybridized carbons (Fsp3) is 0.0909. The normalized spacial score (nSPS) is 15.3. The molecule has 2 N–H and O–H groups in total. The van der Waals surface area contributed by atoms with E-state index in [1.54, 1.807) is 24.3 Å². The van der Waals surface area contributed by atoms with Gasteiger partial charge in [-0.1, -0.05) is 54.6 Å². The lowest BCUT2D eigenvalue weighted by atomic mass is 10.0. The number of anilines is 1. The molecule has 0 aromatic heterocycles. The lowest BCUT2D eigenvalue weighted by Crippen LogP contribution is -2.45. The third-order valence-corrected chi connectivity index (χ3v) is 4.41. The smallest absolute Gasteiger partial charge is 0.267 e. The topological polar surface area (TPSA) is 67.4 Å². The fourth-order valence-corrected chi connectivity index (χ4v) is 2.96. The highest BCUT2D eigenvalue weighted by Crippen LogP contribution is 2.28. The van der Waals surface area contributed by atoms with E-state index >= 15 is 0 Å². The van der Waals surface area contributed by atoms with Crippen LogP contribution in [-0.4, -0.2) is 24.5 Å². The maximum Gasteiger partial charge on any atom is 0.267 e. The van der Waals surface area contributed by atoms with E-state index in [9.17, 15) is 9.59 Å². The van der Waals surface area contributed by atoms with Crippen molar-refractivity contribution in [3.8, 4) is 16.9 Å². The summed E-state index contributed by atoms with van der Waals surface area (Å²) in [6.45, 7) is 0.0967. The van der Waals surface area contributed by atoms with Gasteiger partial charge in [0.2, 0.25) is 0 Å². The summed E-state index contributed by atoms with van der Waals surface area (Å²) in [5, 5.41) is 5.55. The summed E-state index contributed by atoms with van der Waals surface area (Å²) in [6.07, 6.45) is -0.757. The van der Waals surface area contributed by atoms with Gasteiger partial charge in [0, 0.05) is 5.56 Å². The summed E-state index contributed by atoms with van der Waals surface area (Å²) in [7, 11) is 0. The van der Waals surface area contributed by atoms with Gasteiger partial charge in [-0.05, 0) is 35.4 Å². The first-order chi connectivity index (χ1) is 13.2. The molecule has 1 heterocycles. The molecule has 5 heteroatoms. The van der Waals surface area contributed by atoms with Gasteiger partial charge in [-0.3, -0.25) is 9.59 Å². The molecule has 3 aromatic rings. The van der Waals surface area contributed by atoms with E-state index in [0.717, 1.165) is 11.1 Å². The maximum atomic E-state index is 12.4. The molecule has 3 aromatic carbocycles. The zero-order valence-electron chi connectivity index (χ0n) is 14.5. The van der Waals surface area contributed by atoms with E-state index in [2.05, 4.69) is 10.6 Å². The van der Waals surface area contributed by atoms with E-state index in [0.29, 0.717) is 17.0 Å². The Balaban J connectivity index is 1.39. The van der Waals surface area contributed by atoms with Crippen LogP contribution in [0.4, 0.5) is 5.69 Å². The number of para-hydroxylation sites is 2. The molecule has 1 aliphatic rings. The van der Waals surface area contributed by atoms with Gasteiger partial charge in [-0.25, -0.2) is 0 Å². The van der Waals surface area contributed by atoms with Crippen molar-refractivity contribution >= 4 is 17.5 Å². The third-order valence-electron chi connectivity index (χ3n) is 4.41. The Morgan fingerprint density at radius 2 is 1.56 bits per heavy atom. The van der Waals surface area contributed by atoms with E-state index in [-0.39, 0.29) is 18.4 Å². The van der Waals surface area contributed by atoms with Crippen molar-refractivity contribution < 1.29 is 14.3 Å². The van der Waals surface area contributed by atoms with Crippen LogP contribution in [0.2, 0.25) is 0 Å². The maximum absolute atomic E-state index is 12.4. The van der Waals surface area contributed by atoms with Crippen molar-refractivity contribution in [2.24, 2.45) is 0 Å². The number of hydrogen-bond donors (Lipinski definition) is 2. The third kappa shape index (κ3) is 3.67. The van der Waals surface area contributed by atoms with Gasteiger partial charge in [0.05, 0.1) is 12.2 Å². The first kappa shape index (κ1) is 16.8. The number of ether oxygens (including phenoxy) is 1. The second kappa shape index (κ2) is 7.33. The molecule has 0 bridgehead atoms. The van der Waals surface area contributed by atoms with E-state index < -0.39 is 6.10 Å². The van der Waals surface area contributed by atoms with Crippen molar-refractivity contribution in [3.63, 3.8) is 0 Å². The molecule has 134 valence electrons. The molecular weight excluding hydrogens is 340 g/mol. The number of carbonyl (C=O) groups is 2. The van der Waals surface area contributed by atoms with Crippen molar-refractivity contribution in [2.75, 3.05) is 11.9 Å². The largest absolute Gasteiger partial charge is 0.477 e. The number of fused-ring (bicyclic) bond motifs is 1. The lowest BCUT2D eigenvalue weighted by molar-refractivity contribution is -0.123. The summed E-state index contributed by atoms with van der Waals surface area (Å²) >= 11 is 0. The van der Waals surface area contributed by atoms with Crippen LogP contribution in [0, 0.1) is 0 Å². The summed E-state index contributed by atoms with van der Waals surface area (Å²) < 4.78 is 5.68. The summed E-state index contributed by atoms with van der Waals surface area (Å²) in [5.74, 6) is 0.0851. The van der Waals surface area contributed by atoms with Crippen LogP contribution in [0.15, 0.2) is 78.9 Å². The van der Waals surface area contributed by atoms with E-state index in [1.165, 1.54) is 0 Å². The van der Waals surface area contributed by atoms with E-state index in [4.69, 9.17) is 4.74 Å². The number of amides is 2. The molecule has 1 atom stereocenters. The molecule has 2 amide bonds. The van der Waals surface area contributed by atoms with Crippen molar-refractivity contribution in [2.45, 2.75) is 6.10 Å². The Morgan fingerprint density at radius 1 is 0.889 bits per heavy atom. The highest BCUT2D eigenvalue weighted by molar-refractivity contribution is 5.99. The standard InChI is InChI=1S/C22H18N2O3/c25-21(17-12-10-16(11-13-17)15-6-2-1-3-7-15)23-14-20-22(26)24-18-8-4-5-9-19(18)27-20/h1-13,20H,14H2,(H,23,25)(H,24,26). The van der Waals surface area contributed by atoms with Crippen molar-refractivity contribution in [1.29, 1.82) is 0 Å². The Kier molecular flexibility index (Phi) is 4.58. The summed E-state index contributed by atoms with van der Waals surface area (Å²) in [4.78, 5) is 24.5. The SMILES string of the molecule is O=C(NCC1Oc2ccccc2NC1=O)c1ccc(-c2ccccc2)cc1. The Hall–Kier alpha value is -3.60. The molecule has 1 unspecified atom stereocenters. The molecule has 1 aliphatic heterocycles. The van der Waals surface area contributed by atoms with Gasteiger partial charge < -0.3 is 15.4 Å². The number of benzene rings is 3. The second-order valence-corrected chi connectivity index (χ2v) is 6.25. The van der Waals surface area contributed by atoms with Gasteiger partial charge in [0.25, 0.3) is 11.8 Å². The minimum absolute atomic E-state index is 0.0967. The molecule has 0 radical (unpaired) electrons. The van der Waals surface area contributed by atoms with Crippen LogP contribution in [0.1, 0.15) is 10.4 Å². The van der Waals surface area contributed by atoms with Crippen LogP contribution in [0.3, 0.4) is 0 Å². The minimum atomic E-state index is -0.757. The molecule has 0 saturated heterocycles. The zero-order valence-corrected chi connectivity index (χ0v) is 14.5. The minimum Gasteiger partial charge on any atom is -0.477 e. The van der Waals surface area contributed by atoms with Crippen LogP contribution >= 0.6 is 0 Å². The first-order valence-electron chi connectivity index (χ1n) is 8.71. The average molecular weight is 358 g/mol. The number of rotatable bonds is 4. The van der Waals surface area contributed by atoms with Gasteiger partial charge in [-0.15, -0.1) is 0 Å². The summed E-state index contributed by atoms with van der Waals surface area (Å²) in [5.41, 5.74) is 3.31. The molecule has 0 saturated carbocycles. The zero-order chi connectivity index (χ0) is 18.6. The fourth-order valence-electron chi connectivity index (χ4n) is 2.96. The van der Waals surface area contributed by atoms with Gasteiger partial charge in [-0.2, -0.15) is 0 Å². The number of nitrogens with one attached hydrogen (secondary N) is 2. The Morgan fingerprint density at radius 3 is 2.33 bits per heavy atom. The summed E-state index contributed by atoms with van der Waals surface area (Å²) in [6, 6.07) is 24.5. The molecule has 0 aliphatic carbocycles. The second-order valence-electron chi connectivity index (χ2n) is 6.25.